The number of hydrogen-bond acceptors (Lipinski definition) is 2. The molecule has 0 aromatic carbocycles. The van der Waals surface area contributed by atoms with Gasteiger partial charge in [0.15, 0.2) is 5.60 Å². The maximum Gasteiger partial charge on any atom is 0.336 e. The quantitative estimate of drug-likeness (QED) is 0.760. The van der Waals surface area contributed by atoms with Gasteiger partial charge in [-0.25, -0.2) is 4.79 Å². The number of aliphatic carboxylic acids is 1. The molecule has 1 aliphatic rings. The van der Waals surface area contributed by atoms with Crippen LogP contribution in [0.4, 0.5) is 0 Å². The molecular formula is C11H20O3. The second-order valence-electron chi connectivity index (χ2n) is 5.07. The van der Waals surface area contributed by atoms with Gasteiger partial charge < -0.3 is 9.84 Å². The zero-order valence-electron chi connectivity index (χ0n) is 9.46. The summed E-state index contributed by atoms with van der Waals surface area (Å²) < 4.78 is 5.50. The van der Waals surface area contributed by atoms with E-state index < -0.39 is 11.6 Å². The van der Waals surface area contributed by atoms with Gasteiger partial charge in [0.1, 0.15) is 0 Å². The molecule has 2 atom stereocenters. The first-order valence-corrected chi connectivity index (χ1v) is 5.21. The number of rotatable bonds is 3. The van der Waals surface area contributed by atoms with Gasteiger partial charge in [-0.1, -0.05) is 20.8 Å². The minimum atomic E-state index is -0.946. The molecule has 1 rings (SSSR count). The van der Waals surface area contributed by atoms with Gasteiger partial charge in [-0.15, -0.1) is 0 Å². The molecule has 1 aliphatic carbocycles. The van der Waals surface area contributed by atoms with Crippen molar-refractivity contribution in [2.24, 2.45) is 11.3 Å². The van der Waals surface area contributed by atoms with Gasteiger partial charge in [-0.2, -0.15) is 0 Å². The van der Waals surface area contributed by atoms with E-state index in [0.29, 0.717) is 13.0 Å². The molecule has 1 saturated carbocycles. The van der Waals surface area contributed by atoms with Gasteiger partial charge in [-0.3, -0.25) is 0 Å². The highest BCUT2D eigenvalue weighted by Crippen LogP contribution is 2.49. The summed E-state index contributed by atoms with van der Waals surface area (Å²) in [6.45, 7) is 8.49. The first-order chi connectivity index (χ1) is 6.34. The molecule has 1 N–H and O–H groups in total. The van der Waals surface area contributed by atoms with Crippen molar-refractivity contribution in [2.45, 2.75) is 46.1 Å². The van der Waals surface area contributed by atoms with Gasteiger partial charge in [-0.05, 0) is 31.1 Å². The summed E-state index contributed by atoms with van der Waals surface area (Å²) in [4.78, 5) is 11.3. The van der Waals surface area contributed by atoms with E-state index >= 15 is 0 Å². The number of carboxylic acids is 1. The third-order valence-corrected chi connectivity index (χ3v) is 3.16. The second kappa shape index (κ2) is 3.54. The molecule has 0 saturated heterocycles. The summed E-state index contributed by atoms with van der Waals surface area (Å²) in [6, 6.07) is 0. The summed E-state index contributed by atoms with van der Waals surface area (Å²) in [7, 11) is 0. The lowest BCUT2D eigenvalue weighted by Crippen LogP contribution is -2.44. The Morgan fingerprint density at radius 2 is 2.14 bits per heavy atom. The van der Waals surface area contributed by atoms with Gasteiger partial charge in [0, 0.05) is 6.61 Å². The molecule has 14 heavy (non-hydrogen) atoms. The standard InChI is InChI=1S/C11H20O3/c1-5-14-11(9(12)13)7-10(3,4)6-8(11)2/h8H,5-7H2,1-4H3,(H,12,13). The van der Waals surface area contributed by atoms with Gasteiger partial charge in [0.25, 0.3) is 0 Å². The van der Waals surface area contributed by atoms with Crippen molar-refractivity contribution in [3.8, 4) is 0 Å². The highest BCUT2D eigenvalue weighted by molar-refractivity contribution is 5.78. The van der Waals surface area contributed by atoms with Crippen LogP contribution in [-0.4, -0.2) is 23.3 Å². The third-order valence-electron chi connectivity index (χ3n) is 3.16. The monoisotopic (exact) mass is 200 g/mol. The summed E-state index contributed by atoms with van der Waals surface area (Å²) in [5.74, 6) is -0.715. The molecule has 0 aromatic rings. The molecule has 0 amide bonds. The van der Waals surface area contributed by atoms with E-state index in [9.17, 15) is 9.90 Å². The predicted molar refractivity (Wildman–Crippen MR) is 54.2 cm³/mol. The Kier molecular flexibility index (Phi) is 2.91. The average Bonchev–Trinajstić information content (AvgIpc) is 2.23. The molecule has 0 spiro atoms. The SMILES string of the molecule is CCOC1(C(=O)O)CC(C)(C)CC1C. The summed E-state index contributed by atoms with van der Waals surface area (Å²) in [5, 5.41) is 9.27. The number of hydrogen-bond donors (Lipinski definition) is 1. The molecule has 2 unspecified atom stereocenters. The molecule has 0 aromatic heterocycles. The van der Waals surface area contributed by atoms with Gasteiger partial charge >= 0.3 is 5.97 Å². The average molecular weight is 200 g/mol. The normalized spacial score (nSPS) is 35.9. The smallest absolute Gasteiger partial charge is 0.336 e. The van der Waals surface area contributed by atoms with E-state index in [-0.39, 0.29) is 11.3 Å². The van der Waals surface area contributed by atoms with Crippen molar-refractivity contribution in [2.75, 3.05) is 6.61 Å². The Labute approximate surface area is 85.5 Å². The van der Waals surface area contributed by atoms with Gasteiger partial charge in [0.05, 0.1) is 0 Å². The van der Waals surface area contributed by atoms with Crippen LogP contribution in [0.15, 0.2) is 0 Å². The molecule has 1 fully saturated rings. The summed E-state index contributed by atoms with van der Waals surface area (Å²) in [6.07, 6.45) is 1.53. The van der Waals surface area contributed by atoms with Crippen LogP contribution in [0, 0.1) is 11.3 Å². The molecular weight excluding hydrogens is 180 g/mol. The molecule has 3 heteroatoms. The molecule has 3 nitrogen and oxygen atoms in total. The fraction of sp³-hybridized carbons (Fsp3) is 0.909. The number of carbonyl (C=O) groups is 1. The highest BCUT2D eigenvalue weighted by Gasteiger charge is 2.54. The highest BCUT2D eigenvalue weighted by atomic mass is 16.5. The first kappa shape index (κ1) is 11.5. The number of ether oxygens (including phenoxy) is 1. The van der Waals surface area contributed by atoms with Crippen LogP contribution < -0.4 is 0 Å². The topological polar surface area (TPSA) is 46.5 Å². The molecule has 0 radical (unpaired) electrons. The Bertz CT molecular complexity index is 235. The lowest BCUT2D eigenvalue weighted by Gasteiger charge is -2.29. The van der Waals surface area contributed by atoms with E-state index in [0.717, 1.165) is 6.42 Å². The van der Waals surface area contributed by atoms with Crippen molar-refractivity contribution in [1.82, 2.24) is 0 Å². The van der Waals surface area contributed by atoms with E-state index in [1.54, 1.807) is 0 Å². The molecule has 0 aliphatic heterocycles. The Morgan fingerprint density at radius 3 is 2.43 bits per heavy atom. The largest absolute Gasteiger partial charge is 0.479 e. The van der Waals surface area contributed by atoms with Crippen molar-refractivity contribution in [1.29, 1.82) is 0 Å². The minimum Gasteiger partial charge on any atom is -0.479 e. The molecule has 0 heterocycles. The second-order valence-corrected chi connectivity index (χ2v) is 5.07. The first-order valence-electron chi connectivity index (χ1n) is 5.21. The van der Waals surface area contributed by atoms with Crippen LogP contribution in [0.1, 0.15) is 40.5 Å². The third kappa shape index (κ3) is 1.78. The molecule has 0 bridgehead atoms. The minimum absolute atomic E-state index is 0.0764. The van der Waals surface area contributed by atoms with Crippen LogP contribution in [0.3, 0.4) is 0 Å². The van der Waals surface area contributed by atoms with Crippen LogP contribution >= 0.6 is 0 Å². The van der Waals surface area contributed by atoms with E-state index in [2.05, 4.69) is 13.8 Å². The van der Waals surface area contributed by atoms with Crippen LogP contribution in [0.5, 0.6) is 0 Å². The van der Waals surface area contributed by atoms with E-state index in [1.165, 1.54) is 0 Å². The van der Waals surface area contributed by atoms with Crippen molar-refractivity contribution in [3.05, 3.63) is 0 Å². The van der Waals surface area contributed by atoms with E-state index in [4.69, 9.17) is 4.74 Å². The van der Waals surface area contributed by atoms with Crippen molar-refractivity contribution < 1.29 is 14.6 Å². The lowest BCUT2D eigenvalue weighted by molar-refractivity contribution is -0.170. The zero-order valence-corrected chi connectivity index (χ0v) is 9.46. The lowest BCUT2D eigenvalue weighted by atomic mass is 9.89. The predicted octanol–water partition coefficient (Wildman–Crippen LogP) is 2.30. The zero-order chi connectivity index (χ0) is 11.0. The van der Waals surface area contributed by atoms with Crippen LogP contribution in [-0.2, 0) is 9.53 Å². The Hall–Kier alpha value is -0.570. The van der Waals surface area contributed by atoms with Crippen molar-refractivity contribution >= 4 is 5.97 Å². The molecule has 82 valence electrons. The fourth-order valence-electron chi connectivity index (χ4n) is 2.75. The number of carboxylic acid groups (broad SMARTS) is 1. The Morgan fingerprint density at radius 1 is 1.57 bits per heavy atom. The fourth-order valence-corrected chi connectivity index (χ4v) is 2.75. The van der Waals surface area contributed by atoms with E-state index in [1.807, 2.05) is 13.8 Å². The van der Waals surface area contributed by atoms with Crippen LogP contribution in [0.25, 0.3) is 0 Å². The van der Waals surface area contributed by atoms with Crippen molar-refractivity contribution in [3.63, 3.8) is 0 Å². The summed E-state index contributed by atoms with van der Waals surface area (Å²) >= 11 is 0. The summed E-state index contributed by atoms with van der Waals surface area (Å²) in [5.41, 5.74) is -0.870. The maximum absolute atomic E-state index is 11.3. The van der Waals surface area contributed by atoms with Crippen LogP contribution in [0.2, 0.25) is 0 Å². The van der Waals surface area contributed by atoms with Gasteiger partial charge in [0.2, 0.25) is 0 Å². The maximum atomic E-state index is 11.3. The Balaban J connectivity index is 2.94.